The molecule has 1 aliphatic rings. The van der Waals surface area contributed by atoms with Crippen LogP contribution in [0.2, 0.25) is 0 Å². The van der Waals surface area contributed by atoms with Crippen LogP contribution in [-0.2, 0) is 16.1 Å². The van der Waals surface area contributed by atoms with E-state index < -0.39 is 23.3 Å². The number of alkyl carbamates (subject to hydrolysis) is 1. The van der Waals surface area contributed by atoms with Gasteiger partial charge in [0.2, 0.25) is 0 Å². The molecule has 6 nitrogen and oxygen atoms in total. The maximum Gasteiger partial charge on any atom is 0.410 e. The van der Waals surface area contributed by atoms with Crippen LogP contribution in [0.15, 0.2) is 43.0 Å². The second-order valence-corrected chi connectivity index (χ2v) is 7.81. The van der Waals surface area contributed by atoms with Crippen molar-refractivity contribution in [3.8, 4) is 0 Å². The maximum atomic E-state index is 12.4. The lowest BCUT2D eigenvalue weighted by atomic mass is 9.89. The fourth-order valence-electron chi connectivity index (χ4n) is 2.97. The lowest BCUT2D eigenvalue weighted by molar-refractivity contribution is 0.0450. The van der Waals surface area contributed by atoms with E-state index in [0.717, 1.165) is 5.56 Å². The van der Waals surface area contributed by atoms with Crippen LogP contribution in [0.1, 0.15) is 33.3 Å². The van der Waals surface area contributed by atoms with Gasteiger partial charge in [-0.1, -0.05) is 36.4 Å². The molecule has 0 bridgehead atoms. The molecule has 1 fully saturated rings. The normalized spacial score (nSPS) is 22.6. The molecule has 26 heavy (non-hydrogen) atoms. The van der Waals surface area contributed by atoms with E-state index in [2.05, 4.69) is 11.9 Å². The van der Waals surface area contributed by atoms with Crippen molar-refractivity contribution in [3.05, 3.63) is 48.6 Å². The zero-order valence-corrected chi connectivity index (χ0v) is 16.0. The molecule has 6 heteroatoms. The third-order valence-electron chi connectivity index (χ3n) is 4.29. The number of benzene rings is 1. The summed E-state index contributed by atoms with van der Waals surface area (Å²) >= 11 is 0. The van der Waals surface area contributed by atoms with E-state index in [-0.39, 0.29) is 12.5 Å². The number of carbonyl (C=O) groups excluding carboxylic acids is 2. The predicted molar refractivity (Wildman–Crippen MR) is 99.7 cm³/mol. The average molecular weight is 360 g/mol. The van der Waals surface area contributed by atoms with Gasteiger partial charge in [0.1, 0.15) is 12.2 Å². The molecule has 142 valence electrons. The highest BCUT2D eigenvalue weighted by Crippen LogP contribution is 2.29. The average Bonchev–Trinajstić information content (AvgIpc) is 2.88. The summed E-state index contributed by atoms with van der Waals surface area (Å²) in [6.07, 6.45) is 0.837. The van der Waals surface area contributed by atoms with Crippen LogP contribution in [0.5, 0.6) is 0 Å². The Kier molecular flexibility index (Phi) is 5.95. The van der Waals surface area contributed by atoms with Crippen molar-refractivity contribution in [1.29, 1.82) is 0 Å². The van der Waals surface area contributed by atoms with Crippen molar-refractivity contribution in [2.24, 2.45) is 5.92 Å². The number of nitrogens with zero attached hydrogens (tertiary/aromatic N) is 1. The van der Waals surface area contributed by atoms with Crippen molar-refractivity contribution < 1.29 is 19.1 Å². The third kappa shape index (κ3) is 5.25. The first-order valence-corrected chi connectivity index (χ1v) is 8.72. The highest BCUT2D eigenvalue weighted by Gasteiger charge is 2.45. The molecule has 0 aromatic heterocycles. The van der Waals surface area contributed by atoms with Crippen molar-refractivity contribution in [3.63, 3.8) is 0 Å². The van der Waals surface area contributed by atoms with E-state index in [1.54, 1.807) is 11.0 Å². The molecule has 1 N–H and O–H groups in total. The smallest absolute Gasteiger partial charge is 0.410 e. The van der Waals surface area contributed by atoms with E-state index in [1.165, 1.54) is 0 Å². The van der Waals surface area contributed by atoms with Gasteiger partial charge in [-0.3, -0.25) is 0 Å². The fourth-order valence-corrected chi connectivity index (χ4v) is 2.97. The topological polar surface area (TPSA) is 67.9 Å². The Morgan fingerprint density at radius 2 is 2.00 bits per heavy atom. The summed E-state index contributed by atoms with van der Waals surface area (Å²) in [5.41, 5.74) is -0.317. The van der Waals surface area contributed by atoms with Crippen LogP contribution in [-0.4, -0.2) is 41.3 Å². The minimum atomic E-state index is -0.657. The van der Waals surface area contributed by atoms with Gasteiger partial charge in [-0.25, -0.2) is 9.59 Å². The molecule has 1 aliphatic heterocycles. The highest BCUT2D eigenvalue weighted by molar-refractivity contribution is 5.71. The molecule has 0 aliphatic carbocycles. The third-order valence-corrected chi connectivity index (χ3v) is 4.29. The second kappa shape index (κ2) is 7.81. The van der Waals surface area contributed by atoms with Crippen LogP contribution < -0.4 is 5.32 Å². The Labute approximate surface area is 155 Å². The molecular formula is C20H28N2O4. The van der Waals surface area contributed by atoms with Gasteiger partial charge in [0.15, 0.2) is 0 Å². The monoisotopic (exact) mass is 360 g/mol. The number of hydrogen-bond acceptors (Lipinski definition) is 4. The van der Waals surface area contributed by atoms with E-state index in [0.29, 0.717) is 13.1 Å². The standard InChI is InChI=1S/C20H28N2O4/c1-6-16-12-22(18(24)25-13-15-10-8-7-9-11-15)14-20(16,5)21-17(23)26-19(2,3)4/h6-11,16H,1,12-14H2,2-5H3,(H,21,23). The van der Waals surface area contributed by atoms with E-state index in [4.69, 9.17) is 9.47 Å². The fraction of sp³-hybridized carbons (Fsp3) is 0.500. The van der Waals surface area contributed by atoms with Gasteiger partial charge < -0.3 is 19.7 Å². The Morgan fingerprint density at radius 1 is 1.35 bits per heavy atom. The number of amides is 2. The van der Waals surface area contributed by atoms with Crippen LogP contribution >= 0.6 is 0 Å². The van der Waals surface area contributed by atoms with E-state index >= 15 is 0 Å². The molecule has 0 radical (unpaired) electrons. The van der Waals surface area contributed by atoms with E-state index in [1.807, 2.05) is 58.0 Å². The Hall–Kier alpha value is -2.50. The zero-order valence-electron chi connectivity index (χ0n) is 16.0. The molecule has 1 heterocycles. The lowest BCUT2D eigenvalue weighted by Gasteiger charge is -2.31. The number of ether oxygens (including phenoxy) is 2. The van der Waals surface area contributed by atoms with Crippen molar-refractivity contribution >= 4 is 12.2 Å². The van der Waals surface area contributed by atoms with Gasteiger partial charge in [-0.05, 0) is 33.3 Å². The van der Waals surface area contributed by atoms with Crippen LogP contribution in [0.25, 0.3) is 0 Å². The molecular weight excluding hydrogens is 332 g/mol. The largest absolute Gasteiger partial charge is 0.445 e. The number of nitrogens with one attached hydrogen (secondary N) is 1. The lowest BCUT2D eigenvalue weighted by Crippen LogP contribution is -2.53. The first kappa shape index (κ1) is 19.8. The summed E-state index contributed by atoms with van der Waals surface area (Å²) in [7, 11) is 0. The summed E-state index contributed by atoms with van der Waals surface area (Å²) in [4.78, 5) is 26.2. The summed E-state index contributed by atoms with van der Waals surface area (Å²) in [6, 6.07) is 9.51. The molecule has 2 rings (SSSR count). The van der Waals surface area contributed by atoms with Gasteiger partial charge in [0.25, 0.3) is 0 Å². The minimum absolute atomic E-state index is 0.0979. The zero-order chi connectivity index (χ0) is 19.4. The number of hydrogen-bond donors (Lipinski definition) is 1. The number of likely N-dealkylation sites (tertiary alicyclic amines) is 1. The Bertz CT molecular complexity index is 654. The van der Waals surface area contributed by atoms with Crippen molar-refractivity contribution in [1.82, 2.24) is 10.2 Å². The van der Waals surface area contributed by atoms with Crippen molar-refractivity contribution in [2.75, 3.05) is 13.1 Å². The minimum Gasteiger partial charge on any atom is -0.445 e. The predicted octanol–water partition coefficient (Wildman–Crippen LogP) is 3.72. The van der Waals surface area contributed by atoms with Crippen LogP contribution in [0, 0.1) is 5.92 Å². The molecule has 2 atom stereocenters. The molecule has 0 saturated carbocycles. The summed E-state index contributed by atoms with van der Waals surface area (Å²) < 4.78 is 10.7. The maximum absolute atomic E-state index is 12.4. The molecule has 1 aromatic rings. The first-order valence-electron chi connectivity index (χ1n) is 8.72. The second-order valence-electron chi connectivity index (χ2n) is 7.81. The Morgan fingerprint density at radius 3 is 2.58 bits per heavy atom. The first-order chi connectivity index (χ1) is 12.1. The molecule has 1 aromatic carbocycles. The molecule has 2 unspecified atom stereocenters. The summed E-state index contributed by atoms with van der Waals surface area (Å²) in [6.45, 7) is 12.1. The molecule has 2 amide bonds. The van der Waals surface area contributed by atoms with Crippen LogP contribution in [0.4, 0.5) is 9.59 Å². The number of carbonyl (C=O) groups is 2. The van der Waals surface area contributed by atoms with Gasteiger partial charge in [-0.15, -0.1) is 6.58 Å². The SMILES string of the molecule is C=CC1CN(C(=O)OCc2ccccc2)CC1(C)NC(=O)OC(C)(C)C. The van der Waals surface area contributed by atoms with Gasteiger partial charge in [0, 0.05) is 19.0 Å². The van der Waals surface area contributed by atoms with E-state index in [9.17, 15) is 9.59 Å². The van der Waals surface area contributed by atoms with Gasteiger partial charge in [-0.2, -0.15) is 0 Å². The van der Waals surface area contributed by atoms with Crippen molar-refractivity contribution in [2.45, 2.75) is 45.4 Å². The Balaban J connectivity index is 1.97. The highest BCUT2D eigenvalue weighted by atomic mass is 16.6. The molecule has 1 saturated heterocycles. The summed E-state index contributed by atoms with van der Waals surface area (Å²) in [5.74, 6) is -0.0979. The number of rotatable bonds is 4. The molecule has 0 spiro atoms. The quantitative estimate of drug-likeness (QED) is 0.831. The van der Waals surface area contributed by atoms with Gasteiger partial charge >= 0.3 is 12.2 Å². The summed E-state index contributed by atoms with van der Waals surface area (Å²) in [5, 5.41) is 2.89. The van der Waals surface area contributed by atoms with Gasteiger partial charge in [0.05, 0.1) is 5.54 Å². The van der Waals surface area contributed by atoms with Crippen LogP contribution in [0.3, 0.4) is 0 Å².